The van der Waals surface area contributed by atoms with E-state index in [2.05, 4.69) is 13.8 Å². The fourth-order valence-corrected chi connectivity index (χ4v) is 7.14. The maximum atomic E-state index is 11.9. The molecule has 2 heteroatoms. The van der Waals surface area contributed by atoms with Gasteiger partial charge < -0.3 is 4.74 Å². The molecule has 0 unspecified atom stereocenters. The van der Waals surface area contributed by atoms with E-state index in [9.17, 15) is 4.79 Å². The highest BCUT2D eigenvalue weighted by molar-refractivity contribution is 5.69. The molecule has 0 aromatic carbocycles. The van der Waals surface area contributed by atoms with Gasteiger partial charge in [0, 0.05) is 6.42 Å². The zero-order valence-electron chi connectivity index (χ0n) is 33.0. The second-order valence-electron chi connectivity index (χ2n) is 15.4. The minimum absolute atomic E-state index is 0.0288. The Hall–Kier alpha value is -0.530. The summed E-state index contributed by atoms with van der Waals surface area (Å²) in [5.41, 5.74) is 0. The quantitative estimate of drug-likeness (QED) is 0.0480. The van der Waals surface area contributed by atoms with Crippen LogP contribution in [0.25, 0.3) is 0 Å². The third kappa shape index (κ3) is 43.4. The molecule has 0 saturated heterocycles. The van der Waals surface area contributed by atoms with E-state index >= 15 is 0 Å². The van der Waals surface area contributed by atoms with Crippen molar-refractivity contribution in [1.82, 2.24) is 0 Å². The molecule has 0 radical (unpaired) electrons. The molecule has 47 heavy (non-hydrogen) atoms. The van der Waals surface area contributed by atoms with Gasteiger partial charge in [0.2, 0.25) is 0 Å². The van der Waals surface area contributed by atoms with Crippen LogP contribution in [-0.4, -0.2) is 12.6 Å². The van der Waals surface area contributed by atoms with Crippen molar-refractivity contribution in [2.75, 3.05) is 6.61 Å². The number of ether oxygens (including phenoxy) is 1. The van der Waals surface area contributed by atoms with Crippen molar-refractivity contribution < 1.29 is 9.53 Å². The summed E-state index contributed by atoms with van der Waals surface area (Å²) in [6.45, 7) is 5.22. The Kier molecular flexibility index (Phi) is 43.0. The Labute approximate surface area is 298 Å². The van der Waals surface area contributed by atoms with Gasteiger partial charge in [-0.15, -0.1) is 0 Å². The normalized spacial score (nSPS) is 11.4. The van der Waals surface area contributed by atoms with E-state index in [-0.39, 0.29) is 5.97 Å². The summed E-state index contributed by atoms with van der Waals surface area (Å²) in [5.74, 6) is 0.0288. The van der Waals surface area contributed by atoms with Crippen LogP contribution in [0.4, 0.5) is 0 Å². The number of unbranched alkanes of at least 4 members (excludes halogenated alkanes) is 38. The van der Waals surface area contributed by atoms with Crippen LogP contribution in [0.2, 0.25) is 0 Å². The van der Waals surface area contributed by atoms with Gasteiger partial charge in [0.25, 0.3) is 0 Å². The first kappa shape index (κ1) is 46.5. The zero-order chi connectivity index (χ0) is 34.0. The van der Waals surface area contributed by atoms with Crippen molar-refractivity contribution in [3.8, 4) is 0 Å². The van der Waals surface area contributed by atoms with Crippen LogP contribution >= 0.6 is 0 Å². The molecule has 0 N–H and O–H groups in total. The summed E-state index contributed by atoms with van der Waals surface area (Å²) in [6, 6.07) is 0. The van der Waals surface area contributed by atoms with Crippen LogP contribution in [0.1, 0.15) is 277 Å². The lowest BCUT2D eigenvalue weighted by molar-refractivity contribution is -0.143. The predicted octanol–water partition coefficient (Wildman–Crippen LogP) is 16.6. The zero-order valence-corrected chi connectivity index (χ0v) is 33.0. The molecule has 0 aliphatic rings. The monoisotopic (exact) mass is 663 g/mol. The van der Waals surface area contributed by atoms with Crippen molar-refractivity contribution in [3.05, 3.63) is 0 Å². The molecule has 0 aromatic rings. The van der Waals surface area contributed by atoms with E-state index in [4.69, 9.17) is 4.74 Å². The van der Waals surface area contributed by atoms with Gasteiger partial charge in [0.05, 0.1) is 6.61 Å². The van der Waals surface area contributed by atoms with Crippen LogP contribution in [0.5, 0.6) is 0 Å². The summed E-state index contributed by atoms with van der Waals surface area (Å²) in [4.78, 5) is 11.9. The molecule has 282 valence electrons. The molecule has 0 rings (SSSR count). The van der Waals surface area contributed by atoms with Gasteiger partial charge in [-0.25, -0.2) is 0 Å². The maximum Gasteiger partial charge on any atom is 0.305 e. The molecule has 0 atom stereocenters. The summed E-state index contributed by atoms with van der Waals surface area (Å²) < 4.78 is 5.44. The second kappa shape index (κ2) is 43.5. The number of hydrogen-bond acceptors (Lipinski definition) is 2. The Morgan fingerprint density at radius 3 is 0.702 bits per heavy atom. The lowest BCUT2D eigenvalue weighted by Crippen LogP contribution is -2.05. The van der Waals surface area contributed by atoms with Crippen molar-refractivity contribution in [3.63, 3.8) is 0 Å². The summed E-state index contributed by atoms with van der Waals surface area (Å²) >= 11 is 0. The molecule has 2 nitrogen and oxygen atoms in total. The minimum atomic E-state index is 0.0288. The fraction of sp³-hybridized carbons (Fsp3) is 0.978. The first-order valence-electron chi connectivity index (χ1n) is 22.5. The SMILES string of the molecule is CCCCCCCCCCCCCCCCCCCCCCCCCCCCCCCCC(=O)OCCCCCCCCCCCC. The van der Waals surface area contributed by atoms with Gasteiger partial charge in [-0.05, 0) is 12.8 Å². The van der Waals surface area contributed by atoms with E-state index in [1.807, 2.05) is 0 Å². The van der Waals surface area contributed by atoms with Gasteiger partial charge in [-0.2, -0.15) is 0 Å². The molecule has 0 aliphatic carbocycles. The van der Waals surface area contributed by atoms with E-state index in [0.29, 0.717) is 13.0 Å². The molecule has 0 saturated carbocycles. The largest absolute Gasteiger partial charge is 0.466 e. The van der Waals surface area contributed by atoms with Crippen molar-refractivity contribution >= 4 is 5.97 Å². The number of carbonyl (C=O) groups excluding carboxylic acids is 1. The molecule has 0 heterocycles. The number of esters is 1. The average Bonchev–Trinajstić information content (AvgIpc) is 3.08. The van der Waals surface area contributed by atoms with E-state index < -0.39 is 0 Å². The van der Waals surface area contributed by atoms with Gasteiger partial charge in [-0.3, -0.25) is 4.79 Å². The van der Waals surface area contributed by atoms with Crippen LogP contribution < -0.4 is 0 Å². The molecular formula is C45H90O2. The van der Waals surface area contributed by atoms with E-state index in [1.165, 1.54) is 244 Å². The number of carbonyl (C=O) groups is 1. The molecule has 0 amide bonds. The maximum absolute atomic E-state index is 11.9. The predicted molar refractivity (Wildman–Crippen MR) is 212 cm³/mol. The molecule has 0 spiro atoms. The van der Waals surface area contributed by atoms with Gasteiger partial charge in [0.1, 0.15) is 0 Å². The lowest BCUT2D eigenvalue weighted by Gasteiger charge is -2.06. The fourth-order valence-electron chi connectivity index (χ4n) is 7.14. The lowest BCUT2D eigenvalue weighted by atomic mass is 10.0. The van der Waals surface area contributed by atoms with Crippen LogP contribution in [0.15, 0.2) is 0 Å². The van der Waals surface area contributed by atoms with Gasteiger partial charge in [0.15, 0.2) is 0 Å². The Morgan fingerprint density at radius 1 is 0.277 bits per heavy atom. The molecular weight excluding hydrogens is 572 g/mol. The van der Waals surface area contributed by atoms with Gasteiger partial charge >= 0.3 is 5.97 Å². The summed E-state index contributed by atoms with van der Waals surface area (Å²) in [5, 5.41) is 0. The van der Waals surface area contributed by atoms with Crippen LogP contribution in [-0.2, 0) is 9.53 Å². The highest BCUT2D eigenvalue weighted by Gasteiger charge is 2.03. The second-order valence-corrected chi connectivity index (χ2v) is 15.4. The van der Waals surface area contributed by atoms with Crippen molar-refractivity contribution in [2.45, 2.75) is 277 Å². The van der Waals surface area contributed by atoms with Crippen molar-refractivity contribution in [1.29, 1.82) is 0 Å². The third-order valence-electron chi connectivity index (χ3n) is 10.5. The highest BCUT2D eigenvalue weighted by Crippen LogP contribution is 2.17. The first-order valence-corrected chi connectivity index (χ1v) is 22.5. The standard InChI is InChI=1S/C45H90O2/c1-3-5-7-9-11-13-15-16-17-18-19-20-21-22-23-24-25-26-27-28-29-30-31-32-33-34-35-37-39-41-43-45(46)47-44-42-40-38-36-14-12-10-8-6-4-2/h3-44H2,1-2H3. The van der Waals surface area contributed by atoms with E-state index in [0.717, 1.165) is 12.8 Å². The smallest absolute Gasteiger partial charge is 0.305 e. The number of rotatable bonds is 42. The molecule has 0 bridgehead atoms. The summed E-state index contributed by atoms with van der Waals surface area (Å²) in [7, 11) is 0. The number of hydrogen-bond donors (Lipinski definition) is 0. The Bertz CT molecular complexity index is 558. The molecule has 0 aromatic heterocycles. The summed E-state index contributed by atoms with van der Waals surface area (Å²) in [6.07, 6.45) is 56.5. The Balaban J connectivity index is 3.11. The average molecular weight is 663 g/mol. The van der Waals surface area contributed by atoms with Crippen LogP contribution in [0, 0.1) is 0 Å². The Morgan fingerprint density at radius 2 is 0.468 bits per heavy atom. The topological polar surface area (TPSA) is 26.3 Å². The van der Waals surface area contributed by atoms with Gasteiger partial charge in [-0.1, -0.05) is 258 Å². The van der Waals surface area contributed by atoms with Crippen molar-refractivity contribution in [2.24, 2.45) is 0 Å². The molecule has 0 aliphatic heterocycles. The highest BCUT2D eigenvalue weighted by atomic mass is 16.5. The third-order valence-corrected chi connectivity index (χ3v) is 10.5. The first-order chi connectivity index (χ1) is 23.3. The van der Waals surface area contributed by atoms with E-state index in [1.54, 1.807) is 0 Å². The molecule has 0 fully saturated rings. The minimum Gasteiger partial charge on any atom is -0.466 e. The van der Waals surface area contributed by atoms with Crippen LogP contribution in [0.3, 0.4) is 0 Å².